The Balaban J connectivity index is 2.57. The largest absolute Gasteiger partial charge is 0.478 e. The molecule has 0 saturated carbocycles. The molecule has 0 saturated heterocycles. The van der Waals surface area contributed by atoms with Crippen molar-refractivity contribution in [2.24, 2.45) is 0 Å². The summed E-state index contributed by atoms with van der Waals surface area (Å²) in [7, 11) is 0. The van der Waals surface area contributed by atoms with Crippen LogP contribution in [-0.4, -0.2) is 25.6 Å². The molecule has 0 fully saturated rings. The van der Waals surface area contributed by atoms with Gasteiger partial charge in [-0.05, 0) is 35.8 Å². The number of carboxylic acid groups (broad SMARTS) is 1. The second-order valence-electron chi connectivity index (χ2n) is 3.76. The Morgan fingerprint density at radius 2 is 2.20 bits per heavy atom. The molecule has 1 unspecified atom stereocenters. The average molecular weight is 332 g/mol. The molecule has 0 spiro atoms. The van der Waals surface area contributed by atoms with Crippen LogP contribution < -0.4 is 4.31 Å². The van der Waals surface area contributed by atoms with Crippen LogP contribution in [0.3, 0.4) is 0 Å². The summed E-state index contributed by atoms with van der Waals surface area (Å²) >= 11 is 4.99. The van der Waals surface area contributed by atoms with Gasteiger partial charge in [-0.3, -0.25) is 4.55 Å². The number of carboxylic acids is 1. The van der Waals surface area contributed by atoms with Gasteiger partial charge in [0.15, 0.2) is 0 Å². The zero-order chi connectivity index (χ0) is 14.7. The van der Waals surface area contributed by atoms with Gasteiger partial charge < -0.3 is 5.11 Å². The normalized spacial score (nSPS) is 15.6. The van der Waals surface area contributed by atoms with Gasteiger partial charge in [0.2, 0.25) is 0 Å². The van der Waals surface area contributed by atoms with Crippen LogP contribution in [0.15, 0.2) is 41.5 Å². The summed E-state index contributed by atoms with van der Waals surface area (Å²) in [5.74, 6) is -0.551. The number of hydrogen-bond acceptors (Lipinski definition) is 3. The van der Waals surface area contributed by atoms with Crippen LogP contribution >= 0.6 is 23.4 Å². The fourth-order valence-corrected chi connectivity index (χ4v) is 3.11. The van der Waals surface area contributed by atoms with E-state index in [2.05, 4.69) is 0 Å². The van der Waals surface area contributed by atoms with Crippen molar-refractivity contribution in [3.63, 3.8) is 0 Å². The van der Waals surface area contributed by atoms with Crippen molar-refractivity contribution in [3.8, 4) is 0 Å². The lowest BCUT2D eigenvalue weighted by molar-refractivity contribution is 0.0698. The SMILES string of the molecule is O=C(O)c1ccc(Cl)cc1N(C1=CCSC=C1)S(=O)O. The predicted octanol–water partition coefficient (Wildman–Crippen LogP) is 3.13. The molecule has 1 aliphatic rings. The number of thioether (sulfide) groups is 1. The maximum atomic E-state index is 11.6. The first-order chi connectivity index (χ1) is 9.50. The van der Waals surface area contributed by atoms with Crippen LogP contribution in [0, 0.1) is 0 Å². The molecular formula is C12H10ClNO4S2. The van der Waals surface area contributed by atoms with E-state index in [0.717, 1.165) is 4.31 Å². The van der Waals surface area contributed by atoms with E-state index in [4.69, 9.17) is 11.6 Å². The van der Waals surface area contributed by atoms with Crippen LogP contribution in [-0.2, 0) is 11.3 Å². The number of allylic oxidation sites excluding steroid dienone is 1. The number of aromatic carboxylic acids is 1. The average Bonchev–Trinajstić information content (AvgIpc) is 2.39. The molecule has 1 aliphatic heterocycles. The Kier molecular flexibility index (Phi) is 4.87. The lowest BCUT2D eigenvalue weighted by atomic mass is 10.1. The van der Waals surface area contributed by atoms with Gasteiger partial charge >= 0.3 is 5.97 Å². The highest BCUT2D eigenvalue weighted by Gasteiger charge is 2.23. The summed E-state index contributed by atoms with van der Waals surface area (Å²) in [5, 5.41) is 11.3. The molecule has 1 atom stereocenters. The maximum absolute atomic E-state index is 11.6. The van der Waals surface area contributed by atoms with Crippen molar-refractivity contribution < 1.29 is 18.7 Å². The summed E-state index contributed by atoms with van der Waals surface area (Å²) in [5.41, 5.74) is 0.437. The molecule has 20 heavy (non-hydrogen) atoms. The van der Waals surface area contributed by atoms with Gasteiger partial charge in [0, 0.05) is 10.8 Å². The maximum Gasteiger partial charge on any atom is 0.337 e. The molecule has 1 aromatic carbocycles. The molecule has 106 valence electrons. The zero-order valence-corrected chi connectivity index (χ0v) is 12.4. The third-order valence-electron chi connectivity index (χ3n) is 2.52. The Labute approximate surface area is 127 Å². The molecule has 2 rings (SSSR count). The van der Waals surface area contributed by atoms with E-state index in [0.29, 0.717) is 11.4 Å². The van der Waals surface area contributed by atoms with Crippen LogP contribution in [0.25, 0.3) is 0 Å². The topological polar surface area (TPSA) is 77.8 Å². The van der Waals surface area contributed by atoms with Gasteiger partial charge in [-0.2, -0.15) is 0 Å². The molecule has 0 aromatic heterocycles. The van der Waals surface area contributed by atoms with Crippen molar-refractivity contribution in [3.05, 3.63) is 52.0 Å². The second kappa shape index (κ2) is 6.45. The molecule has 1 aromatic rings. The van der Waals surface area contributed by atoms with E-state index < -0.39 is 17.2 Å². The Hall–Kier alpha value is -1.28. The van der Waals surface area contributed by atoms with Gasteiger partial charge in [0.1, 0.15) is 0 Å². The summed E-state index contributed by atoms with van der Waals surface area (Å²) in [4.78, 5) is 11.3. The molecular weight excluding hydrogens is 322 g/mol. The summed E-state index contributed by atoms with van der Waals surface area (Å²) in [6.07, 6.45) is 3.39. The van der Waals surface area contributed by atoms with Crippen molar-refractivity contribution in [2.45, 2.75) is 0 Å². The van der Waals surface area contributed by atoms with Crippen LogP contribution in [0.2, 0.25) is 5.02 Å². The van der Waals surface area contributed by atoms with Crippen molar-refractivity contribution in [1.82, 2.24) is 0 Å². The lowest BCUT2D eigenvalue weighted by Gasteiger charge is -2.24. The number of anilines is 1. The minimum Gasteiger partial charge on any atom is -0.478 e. The van der Waals surface area contributed by atoms with Gasteiger partial charge in [-0.1, -0.05) is 11.6 Å². The van der Waals surface area contributed by atoms with Crippen LogP contribution in [0.1, 0.15) is 10.4 Å². The highest BCUT2D eigenvalue weighted by atomic mass is 35.5. The number of benzene rings is 1. The van der Waals surface area contributed by atoms with E-state index in [1.807, 2.05) is 0 Å². The minimum absolute atomic E-state index is 0.0774. The van der Waals surface area contributed by atoms with E-state index in [1.54, 1.807) is 17.6 Å². The van der Waals surface area contributed by atoms with Crippen molar-refractivity contribution in [1.29, 1.82) is 0 Å². The molecule has 5 nitrogen and oxygen atoms in total. The molecule has 1 heterocycles. The highest BCUT2D eigenvalue weighted by molar-refractivity contribution is 8.02. The van der Waals surface area contributed by atoms with Gasteiger partial charge in [0.05, 0.1) is 16.9 Å². The standard InChI is InChI=1S/C12H10ClNO4S2/c13-8-1-2-10(12(15)16)11(7-8)14(20(17)18)9-3-5-19-6-4-9/h1-5,7H,6H2,(H,15,16)(H,17,18). The van der Waals surface area contributed by atoms with E-state index >= 15 is 0 Å². The predicted molar refractivity (Wildman–Crippen MR) is 81.3 cm³/mol. The first kappa shape index (κ1) is 15.1. The quantitative estimate of drug-likeness (QED) is 0.829. The van der Waals surface area contributed by atoms with Gasteiger partial charge in [-0.25, -0.2) is 13.3 Å². The lowest BCUT2D eigenvalue weighted by Crippen LogP contribution is -2.26. The monoisotopic (exact) mass is 331 g/mol. The molecule has 0 radical (unpaired) electrons. The second-order valence-corrected chi connectivity index (χ2v) is 5.96. The van der Waals surface area contributed by atoms with Gasteiger partial charge in [-0.15, -0.1) is 11.8 Å². The molecule has 0 aliphatic carbocycles. The molecule has 8 heteroatoms. The Morgan fingerprint density at radius 1 is 1.45 bits per heavy atom. The van der Waals surface area contributed by atoms with Crippen LogP contribution in [0.5, 0.6) is 0 Å². The van der Waals surface area contributed by atoms with Crippen LogP contribution in [0.4, 0.5) is 5.69 Å². The third-order valence-corrected chi connectivity index (χ3v) is 4.17. The highest BCUT2D eigenvalue weighted by Crippen LogP contribution is 2.31. The van der Waals surface area contributed by atoms with Crippen molar-refractivity contribution >= 4 is 46.3 Å². The number of nitrogens with zero attached hydrogens (tertiary/aromatic N) is 1. The summed E-state index contributed by atoms with van der Waals surface area (Å²) < 4.78 is 22.1. The summed E-state index contributed by atoms with van der Waals surface area (Å²) in [6.45, 7) is 0. The third kappa shape index (κ3) is 3.24. The summed E-state index contributed by atoms with van der Waals surface area (Å²) in [6, 6.07) is 4.09. The fraction of sp³-hybridized carbons (Fsp3) is 0.0833. The Bertz CT molecular complexity index is 630. The minimum atomic E-state index is -2.40. The van der Waals surface area contributed by atoms with Crippen molar-refractivity contribution in [2.75, 3.05) is 10.1 Å². The van der Waals surface area contributed by atoms with E-state index in [9.17, 15) is 18.7 Å². The number of rotatable bonds is 4. The van der Waals surface area contributed by atoms with Gasteiger partial charge in [0.25, 0.3) is 11.3 Å². The number of carbonyl (C=O) groups is 1. The van der Waals surface area contributed by atoms with E-state index in [-0.39, 0.29) is 16.3 Å². The molecule has 0 bridgehead atoms. The number of halogens is 1. The van der Waals surface area contributed by atoms with E-state index in [1.165, 1.54) is 30.0 Å². The molecule has 2 N–H and O–H groups in total. The fourth-order valence-electron chi connectivity index (χ4n) is 1.69. The zero-order valence-electron chi connectivity index (χ0n) is 10.0. The first-order valence-electron chi connectivity index (χ1n) is 5.43. The smallest absolute Gasteiger partial charge is 0.337 e. The first-order valence-corrected chi connectivity index (χ1v) is 7.92. The molecule has 0 amide bonds. The number of hydrogen-bond donors (Lipinski definition) is 2. The Morgan fingerprint density at radius 3 is 2.75 bits per heavy atom.